The lowest BCUT2D eigenvalue weighted by molar-refractivity contribution is 0.271. The smallest absolute Gasteiger partial charge is 0.256 e. The summed E-state index contributed by atoms with van der Waals surface area (Å²) in [7, 11) is -3.55. The highest BCUT2D eigenvalue weighted by Gasteiger charge is 2.38. The van der Waals surface area contributed by atoms with Crippen molar-refractivity contribution in [3.63, 3.8) is 0 Å². The van der Waals surface area contributed by atoms with Gasteiger partial charge in [-0.25, -0.2) is 0 Å². The molecule has 0 aromatic heterocycles. The first kappa shape index (κ1) is 13.5. The molecule has 1 unspecified atom stereocenters. The molecule has 1 fully saturated rings. The molecule has 4 nitrogen and oxygen atoms in total. The van der Waals surface area contributed by atoms with E-state index in [0.717, 1.165) is 12.0 Å². The second-order valence-electron chi connectivity index (χ2n) is 5.06. The number of nitrogens with zero attached hydrogens (tertiary/aromatic N) is 1. The van der Waals surface area contributed by atoms with Crippen LogP contribution < -0.4 is 0 Å². The van der Waals surface area contributed by atoms with Gasteiger partial charge in [-0.05, 0) is 17.9 Å². The first-order valence-corrected chi connectivity index (χ1v) is 7.55. The lowest BCUT2D eigenvalue weighted by Gasteiger charge is -2.21. The van der Waals surface area contributed by atoms with E-state index < -0.39 is 10.3 Å². The lowest BCUT2D eigenvalue weighted by Crippen LogP contribution is -2.34. The predicted molar refractivity (Wildman–Crippen MR) is 70.1 cm³/mol. The van der Waals surface area contributed by atoms with Gasteiger partial charge >= 0.3 is 10.3 Å². The van der Waals surface area contributed by atoms with Crippen LogP contribution in [0.3, 0.4) is 0 Å². The maximum atomic E-state index is 11.9. The third-order valence-corrected chi connectivity index (χ3v) is 4.46. The molecule has 1 aliphatic rings. The minimum absolute atomic E-state index is 0.0461. The highest BCUT2D eigenvalue weighted by molar-refractivity contribution is 7.84. The normalized spacial score (nSPS) is 23.6. The maximum Gasteiger partial charge on any atom is 0.339 e. The van der Waals surface area contributed by atoms with E-state index in [4.69, 9.17) is 4.18 Å². The van der Waals surface area contributed by atoms with Crippen molar-refractivity contribution in [1.82, 2.24) is 4.31 Å². The Labute approximate surface area is 109 Å². The van der Waals surface area contributed by atoms with E-state index in [0.29, 0.717) is 12.5 Å². The number of rotatable bonds is 4. The van der Waals surface area contributed by atoms with Crippen LogP contribution in [0.25, 0.3) is 0 Å². The number of hydrogen-bond donors (Lipinski definition) is 0. The van der Waals surface area contributed by atoms with Crippen molar-refractivity contribution >= 4 is 10.3 Å². The molecule has 5 heteroatoms. The zero-order chi connectivity index (χ0) is 13.2. The van der Waals surface area contributed by atoms with E-state index in [1.807, 2.05) is 30.3 Å². The average Bonchev–Trinajstić information content (AvgIpc) is 2.57. The molecule has 1 atom stereocenters. The summed E-state index contributed by atoms with van der Waals surface area (Å²) < 4.78 is 30.1. The van der Waals surface area contributed by atoms with Crippen molar-refractivity contribution in [2.75, 3.05) is 6.61 Å². The third kappa shape index (κ3) is 3.10. The van der Waals surface area contributed by atoms with Gasteiger partial charge in [-0.3, -0.25) is 4.18 Å². The Morgan fingerprint density at radius 2 is 2.00 bits per heavy atom. The molecule has 0 saturated carbocycles. The maximum absolute atomic E-state index is 11.9. The minimum Gasteiger partial charge on any atom is -0.256 e. The molecule has 0 bridgehead atoms. The van der Waals surface area contributed by atoms with Gasteiger partial charge in [-0.2, -0.15) is 12.7 Å². The lowest BCUT2D eigenvalue weighted by atomic mass is 10.0. The molecule has 0 N–H and O–H groups in total. The molecule has 100 valence electrons. The summed E-state index contributed by atoms with van der Waals surface area (Å²) in [5.41, 5.74) is 0.986. The topological polar surface area (TPSA) is 46.6 Å². The van der Waals surface area contributed by atoms with Crippen molar-refractivity contribution in [3.8, 4) is 0 Å². The molecule has 1 saturated heterocycles. The monoisotopic (exact) mass is 269 g/mol. The fraction of sp³-hybridized carbons (Fsp3) is 0.538. The molecular weight excluding hydrogens is 250 g/mol. The fourth-order valence-electron chi connectivity index (χ4n) is 2.20. The fourth-order valence-corrected chi connectivity index (χ4v) is 3.48. The van der Waals surface area contributed by atoms with Crippen LogP contribution in [-0.2, 0) is 21.0 Å². The van der Waals surface area contributed by atoms with Crippen LogP contribution in [-0.4, -0.2) is 25.4 Å². The Bertz CT molecular complexity index is 484. The first-order valence-electron chi connectivity index (χ1n) is 6.19. The van der Waals surface area contributed by atoms with E-state index in [1.54, 1.807) is 0 Å². The van der Waals surface area contributed by atoms with Crippen LogP contribution in [0, 0.1) is 5.92 Å². The molecule has 1 heterocycles. The van der Waals surface area contributed by atoms with Gasteiger partial charge in [0.2, 0.25) is 0 Å². The Balaban J connectivity index is 2.16. The standard InChI is InChI=1S/C13H19NO3S/c1-11(2)8-13-10-17-18(15,16)14(13)9-12-6-4-3-5-7-12/h3-7,11,13H,8-10H2,1-2H3. The molecule has 0 amide bonds. The molecular formula is C13H19NO3S. The van der Waals surface area contributed by atoms with E-state index in [9.17, 15) is 8.42 Å². The summed E-state index contributed by atoms with van der Waals surface area (Å²) >= 11 is 0. The van der Waals surface area contributed by atoms with Crippen LogP contribution in [0.4, 0.5) is 0 Å². The van der Waals surface area contributed by atoms with Crippen molar-refractivity contribution in [3.05, 3.63) is 35.9 Å². The summed E-state index contributed by atoms with van der Waals surface area (Å²) in [6, 6.07) is 9.56. The number of benzene rings is 1. The van der Waals surface area contributed by atoms with Gasteiger partial charge in [0.05, 0.1) is 12.6 Å². The quantitative estimate of drug-likeness (QED) is 0.841. The largest absolute Gasteiger partial charge is 0.339 e. The highest BCUT2D eigenvalue weighted by Crippen LogP contribution is 2.25. The van der Waals surface area contributed by atoms with Crippen molar-refractivity contribution in [2.45, 2.75) is 32.9 Å². The summed E-state index contributed by atoms with van der Waals surface area (Å²) in [6.07, 6.45) is 0.825. The third-order valence-electron chi connectivity index (χ3n) is 3.03. The molecule has 0 spiro atoms. The Kier molecular flexibility index (Phi) is 4.04. The number of hydrogen-bond acceptors (Lipinski definition) is 3. The molecule has 1 aromatic rings. The Morgan fingerprint density at radius 3 is 2.61 bits per heavy atom. The summed E-state index contributed by atoms with van der Waals surface area (Å²) in [6.45, 7) is 4.84. The van der Waals surface area contributed by atoms with Crippen LogP contribution in [0.2, 0.25) is 0 Å². The molecule has 2 rings (SSSR count). The predicted octanol–water partition coefficient (Wildman–Crippen LogP) is 2.18. The van der Waals surface area contributed by atoms with Gasteiger partial charge < -0.3 is 0 Å². The van der Waals surface area contributed by atoms with Gasteiger partial charge in [0.1, 0.15) is 0 Å². The highest BCUT2D eigenvalue weighted by atomic mass is 32.2. The van der Waals surface area contributed by atoms with E-state index in [-0.39, 0.29) is 12.6 Å². The van der Waals surface area contributed by atoms with Gasteiger partial charge in [0.25, 0.3) is 0 Å². The Morgan fingerprint density at radius 1 is 1.33 bits per heavy atom. The molecule has 0 radical (unpaired) electrons. The van der Waals surface area contributed by atoms with Crippen LogP contribution in [0.5, 0.6) is 0 Å². The van der Waals surface area contributed by atoms with Gasteiger partial charge in [-0.1, -0.05) is 44.2 Å². The van der Waals surface area contributed by atoms with Gasteiger partial charge in [0, 0.05) is 6.54 Å². The molecule has 0 aliphatic carbocycles. The van der Waals surface area contributed by atoms with Crippen molar-refractivity contribution in [2.24, 2.45) is 5.92 Å². The minimum atomic E-state index is -3.55. The van der Waals surface area contributed by atoms with Crippen LogP contribution >= 0.6 is 0 Å². The zero-order valence-electron chi connectivity index (χ0n) is 10.7. The molecule has 18 heavy (non-hydrogen) atoms. The molecule has 1 aliphatic heterocycles. The second-order valence-corrected chi connectivity index (χ2v) is 6.62. The van der Waals surface area contributed by atoms with E-state index in [1.165, 1.54) is 4.31 Å². The SMILES string of the molecule is CC(C)CC1COS(=O)(=O)N1Cc1ccccc1. The zero-order valence-corrected chi connectivity index (χ0v) is 11.6. The van der Waals surface area contributed by atoms with E-state index >= 15 is 0 Å². The van der Waals surface area contributed by atoms with E-state index in [2.05, 4.69) is 13.8 Å². The second kappa shape index (κ2) is 5.38. The first-order chi connectivity index (χ1) is 8.49. The summed E-state index contributed by atoms with van der Waals surface area (Å²) in [5.74, 6) is 0.449. The van der Waals surface area contributed by atoms with Gasteiger partial charge in [0.15, 0.2) is 0 Å². The molecule has 1 aromatic carbocycles. The summed E-state index contributed by atoms with van der Waals surface area (Å²) in [4.78, 5) is 0. The Hall–Kier alpha value is -0.910. The average molecular weight is 269 g/mol. The van der Waals surface area contributed by atoms with Crippen molar-refractivity contribution in [1.29, 1.82) is 0 Å². The van der Waals surface area contributed by atoms with Crippen molar-refractivity contribution < 1.29 is 12.6 Å². The van der Waals surface area contributed by atoms with Gasteiger partial charge in [-0.15, -0.1) is 0 Å². The summed E-state index contributed by atoms with van der Waals surface area (Å²) in [5, 5.41) is 0. The van der Waals surface area contributed by atoms with Crippen LogP contribution in [0.1, 0.15) is 25.8 Å². The van der Waals surface area contributed by atoms with Crippen LogP contribution in [0.15, 0.2) is 30.3 Å².